The SMILES string of the molecule is COC(=O)Cc1cc(Cl)c(Cl)cc1Cl. The molecule has 0 amide bonds. The first-order valence-electron chi connectivity index (χ1n) is 3.75. The van der Waals surface area contributed by atoms with Gasteiger partial charge < -0.3 is 4.74 Å². The van der Waals surface area contributed by atoms with E-state index in [0.717, 1.165) is 0 Å². The lowest BCUT2D eigenvalue weighted by Gasteiger charge is -2.04. The fraction of sp³-hybridized carbons (Fsp3) is 0.222. The van der Waals surface area contributed by atoms with Gasteiger partial charge in [0.1, 0.15) is 0 Å². The summed E-state index contributed by atoms with van der Waals surface area (Å²) in [5.41, 5.74) is 0.605. The summed E-state index contributed by atoms with van der Waals surface area (Å²) in [4.78, 5) is 11.0. The van der Waals surface area contributed by atoms with Crippen LogP contribution < -0.4 is 0 Å². The highest BCUT2D eigenvalue weighted by Crippen LogP contribution is 2.29. The van der Waals surface area contributed by atoms with Gasteiger partial charge in [-0.1, -0.05) is 34.8 Å². The smallest absolute Gasteiger partial charge is 0.310 e. The van der Waals surface area contributed by atoms with Crippen LogP contribution in [-0.4, -0.2) is 13.1 Å². The van der Waals surface area contributed by atoms with E-state index in [0.29, 0.717) is 20.6 Å². The van der Waals surface area contributed by atoms with Crippen molar-refractivity contribution in [1.29, 1.82) is 0 Å². The molecular weight excluding hydrogens is 246 g/mol. The predicted octanol–water partition coefficient (Wildman–Crippen LogP) is 3.36. The first-order chi connectivity index (χ1) is 6.54. The van der Waals surface area contributed by atoms with Crippen LogP contribution in [-0.2, 0) is 16.0 Å². The van der Waals surface area contributed by atoms with Crippen LogP contribution >= 0.6 is 34.8 Å². The minimum Gasteiger partial charge on any atom is -0.469 e. The van der Waals surface area contributed by atoms with Crippen LogP contribution in [0.3, 0.4) is 0 Å². The molecule has 0 N–H and O–H groups in total. The first kappa shape index (κ1) is 11.6. The second kappa shape index (κ2) is 4.87. The summed E-state index contributed by atoms with van der Waals surface area (Å²) in [6.45, 7) is 0. The molecule has 0 aliphatic rings. The predicted molar refractivity (Wildman–Crippen MR) is 57.2 cm³/mol. The fourth-order valence-corrected chi connectivity index (χ4v) is 1.56. The number of benzene rings is 1. The van der Waals surface area contributed by atoms with Gasteiger partial charge >= 0.3 is 5.97 Å². The van der Waals surface area contributed by atoms with E-state index in [4.69, 9.17) is 34.8 Å². The average Bonchev–Trinajstić information content (AvgIpc) is 2.14. The minimum absolute atomic E-state index is 0.0895. The van der Waals surface area contributed by atoms with Crippen molar-refractivity contribution >= 4 is 40.8 Å². The van der Waals surface area contributed by atoms with Gasteiger partial charge in [-0.25, -0.2) is 0 Å². The van der Waals surface area contributed by atoms with Crippen LogP contribution in [0.15, 0.2) is 12.1 Å². The Morgan fingerprint density at radius 2 is 1.79 bits per heavy atom. The zero-order valence-corrected chi connectivity index (χ0v) is 9.58. The largest absolute Gasteiger partial charge is 0.469 e. The number of hydrogen-bond donors (Lipinski definition) is 0. The van der Waals surface area contributed by atoms with E-state index in [9.17, 15) is 4.79 Å². The topological polar surface area (TPSA) is 26.3 Å². The molecule has 0 unspecified atom stereocenters. The zero-order chi connectivity index (χ0) is 10.7. The summed E-state index contributed by atoms with van der Waals surface area (Å²) in [6, 6.07) is 3.06. The van der Waals surface area contributed by atoms with E-state index in [1.54, 1.807) is 6.07 Å². The lowest BCUT2D eigenvalue weighted by atomic mass is 10.1. The Balaban J connectivity index is 2.98. The number of rotatable bonds is 2. The molecule has 1 rings (SSSR count). The van der Waals surface area contributed by atoms with Crippen molar-refractivity contribution < 1.29 is 9.53 Å². The Bertz CT molecular complexity index is 363. The number of methoxy groups -OCH3 is 1. The lowest BCUT2D eigenvalue weighted by molar-refractivity contribution is -0.139. The van der Waals surface area contributed by atoms with Crippen LogP contribution in [0.1, 0.15) is 5.56 Å². The highest BCUT2D eigenvalue weighted by molar-refractivity contribution is 6.43. The molecule has 0 bridgehead atoms. The Morgan fingerprint density at radius 1 is 1.21 bits per heavy atom. The molecule has 5 heteroatoms. The Kier molecular flexibility index (Phi) is 4.05. The van der Waals surface area contributed by atoms with E-state index in [1.807, 2.05) is 0 Å². The summed E-state index contributed by atoms with van der Waals surface area (Å²) in [7, 11) is 1.31. The third-order valence-electron chi connectivity index (χ3n) is 1.65. The van der Waals surface area contributed by atoms with Crippen LogP contribution in [0.5, 0.6) is 0 Å². The normalized spacial score (nSPS) is 10.0. The number of carbonyl (C=O) groups is 1. The molecule has 0 aromatic heterocycles. The van der Waals surface area contributed by atoms with Crippen LogP contribution in [0.4, 0.5) is 0 Å². The molecule has 0 spiro atoms. The van der Waals surface area contributed by atoms with Gasteiger partial charge in [0.15, 0.2) is 0 Å². The quantitative estimate of drug-likeness (QED) is 0.597. The summed E-state index contributed by atoms with van der Waals surface area (Å²) in [5.74, 6) is -0.370. The number of halogens is 3. The number of ether oxygens (including phenoxy) is 1. The van der Waals surface area contributed by atoms with Crippen molar-refractivity contribution in [2.75, 3.05) is 7.11 Å². The lowest BCUT2D eigenvalue weighted by Crippen LogP contribution is -2.04. The zero-order valence-electron chi connectivity index (χ0n) is 7.31. The van der Waals surface area contributed by atoms with E-state index in [1.165, 1.54) is 13.2 Å². The van der Waals surface area contributed by atoms with Gasteiger partial charge in [-0.15, -0.1) is 0 Å². The average molecular weight is 254 g/mol. The molecule has 76 valence electrons. The van der Waals surface area contributed by atoms with Gasteiger partial charge in [-0.05, 0) is 17.7 Å². The van der Waals surface area contributed by atoms with E-state index in [2.05, 4.69) is 4.74 Å². The number of esters is 1. The maximum atomic E-state index is 11.0. The molecule has 0 radical (unpaired) electrons. The maximum Gasteiger partial charge on any atom is 0.310 e. The molecule has 0 aliphatic heterocycles. The van der Waals surface area contributed by atoms with Crippen molar-refractivity contribution in [2.45, 2.75) is 6.42 Å². The standard InChI is InChI=1S/C9H7Cl3O2/c1-14-9(13)3-5-2-7(11)8(12)4-6(5)10/h2,4H,3H2,1H3. The van der Waals surface area contributed by atoms with Crippen molar-refractivity contribution in [3.8, 4) is 0 Å². The Labute approximate surface area is 96.7 Å². The third kappa shape index (κ3) is 2.77. The third-order valence-corrected chi connectivity index (χ3v) is 2.73. The van der Waals surface area contributed by atoms with Gasteiger partial charge in [0.25, 0.3) is 0 Å². The number of hydrogen-bond acceptors (Lipinski definition) is 2. The molecule has 2 nitrogen and oxygen atoms in total. The van der Waals surface area contributed by atoms with Crippen LogP contribution in [0.25, 0.3) is 0 Å². The maximum absolute atomic E-state index is 11.0. The Morgan fingerprint density at radius 3 is 2.36 bits per heavy atom. The molecule has 1 aromatic carbocycles. The van der Waals surface area contributed by atoms with Gasteiger partial charge in [-0.3, -0.25) is 4.79 Å². The van der Waals surface area contributed by atoms with Crippen LogP contribution in [0, 0.1) is 0 Å². The van der Waals surface area contributed by atoms with E-state index >= 15 is 0 Å². The Hall–Kier alpha value is -0.440. The molecule has 0 atom stereocenters. The molecule has 0 fully saturated rings. The first-order valence-corrected chi connectivity index (χ1v) is 4.88. The highest BCUT2D eigenvalue weighted by Gasteiger charge is 2.10. The fourth-order valence-electron chi connectivity index (χ4n) is 0.927. The summed E-state index contributed by atoms with van der Waals surface area (Å²) in [6.07, 6.45) is 0.0895. The molecule has 14 heavy (non-hydrogen) atoms. The molecule has 0 saturated carbocycles. The summed E-state index contributed by atoms with van der Waals surface area (Å²) < 4.78 is 4.51. The van der Waals surface area contributed by atoms with Crippen molar-refractivity contribution in [1.82, 2.24) is 0 Å². The minimum atomic E-state index is -0.370. The summed E-state index contributed by atoms with van der Waals surface area (Å²) >= 11 is 17.3. The number of carbonyl (C=O) groups excluding carboxylic acids is 1. The molecule has 0 aliphatic carbocycles. The van der Waals surface area contributed by atoms with Gasteiger partial charge in [0.05, 0.1) is 23.6 Å². The highest BCUT2D eigenvalue weighted by atomic mass is 35.5. The summed E-state index contributed by atoms with van der Waals surface area (Å²) in [5, 5.41) is 1.14. The second-order valence-electron chi connectivity index (χ2n) is 2.61. The van der Waals surface area contributed by atoms with Crippen LogP contribution in [0.2, 0.25) is 15.1 Å². The van der Waals surface area contributed by atoms with Gasteiger partial charge in [0.2, 0.25) is 0 Å². The molecular formula is C9H7Cl3O2. The van der Waals surface area contributed by atoms with Gasteiger partial charge in [0, 0.05) is 5.02 Å². The molecule has 0 heterocycles. The second-order valence-corrected chi connectivity index (χ2v) is 3.83. The van der Waals surface area contributed by atoms with E-state index in [-0.39, 0.29) is 12.4 Å². The van der Waals surface area contributed by atoms with Crippen molar-refractivity contribution in [2.24, 2.45) is 0 Å². The molecule has 1 aromatic rings. The van der Waals surface area contributed by atoms with Crippen molar-refractivity contribution in [3.05, 3.63) is 32.8 Å². The van der Waals surface area contributed by atoms with E-state index < -0.39 is 0 Å². The van der Waals surface area contributed by atoms with Crippen molar-refractivity contribution in [3.63, 3.8) is 0 Å². The van der Waals surface area contributed by atoms with Gasteiger partial charge in [-0.2, -0.15) is 0 Å². The molecule has 0 saturated heterocycles. The monoisotopic (exact) mass is 252 g/mol.